The van der Waals surface area contributed by atoms with Crippen LogP contribution in [-0.2, 0) is 9.63 Å². The van der Waals surface area contributed by atoms with E-state index in [0.717, 1.165) is 28.4 Å². The Kier molecular flexibility index (Phi) is 8.22. The van der Waals surface area contributed by atoms with Crippen LogP contribution >= 0.6 is 11.8 Å². The highest BCUT2D eigenvalue weighted by Crippen LogP contribution is 2.29. The molecular weight excluding hydrogens is 376 g/mol. The first-order chi connectivity index (χ1) is 13.4. The molecule has 0 saturated carbocycles. The van der Waals surface area contributed by atoms with Gasteiger partial charge >= 0.3 is 5.97 Å². The van der Waals surface area contributed by atoms with Crippen molar-refractivity contribution in [3.63, 3.8) is 0 Å². The van der Waals surface area contributed by atoms with Gasteiger partial charge in [0.05, 0.1) is 0 Å². The first kappa shape index (κ1) is 21.7. The van der Waals surface area contributed by atoms with E-state index in [4.69, 9.17) is 5.11 Å². The van der Waals surface area contributed by atoms with E-state index in [-0.39, 0.29) is 18.1 Å². The fourth-order valence-corrected chi connectivity index (χ4v) is 3.22. The van der Waals surface area contributed by atoms with Crippen LogP contribution in [0.4, 0.5) is 5.69 Å². The molecule has 0 aromatic heterocycles. The Hall–Kier alpha value is -2.64. The second kappa shape index (κ2) is 10.6. The number of carbonyl (C=O) groups is 2. The summed E-state index contributed by atoms with van der Waals surface area (Å²) in [6.07, 6.45) is 0.739. The Morgan fingerprint density at radius 2 is 1.61 bits per heavy atom. The number of aliphatic hydroxyl groups excluding tert-OH is 1. The fraction of sp³-hybridized carbons (Fsp3) is 0.286. The van der Waals surface area contributed by atoms with Crippen molar-refractivity contribution in [2.24, 2.45) is 5.16 Å². The van der Waals surface area contributed by atoms with E-state index in [1.165, 1.54) is 13.8 Å². The minimum absolute atomic E-state index is 0.122. The van der Waals surface area contributed by atoms with Crippen LogP contribution in [0.2, 0.25) is 0 Å². The Balaban J connectivity index is 1.99. The van der Waals surface area contributed by atoms with Crippen molar-refractivity contribution in [1.29, 1.82) is 0 Å². The molecule has 0 unspecified atom stereocenters. The summed E-state index contributed by atoms with van der Waals surface area (Å²) in [5.41, 5.74) is 1.71. The van der Waals surface area contributed by atoms with Crippen molar-refractivity contribution in [1.82, 2.24) is 0 Å². The molecule has 2 aromatic rings. The number of ketones is 1. The lowest BCUT2D eigenvalue weighted by Gasteiger charge is -2.18. The highest BCUT2D eigenvalue weighted by atomic mass is 32.2. The molecule has 0 spiro atoms. The minimum Gasteiger partial charge on any atom is -0.396 e. The number of aliphatic hydroxyl groups is 1. The van der Waals surface area contributed by atoms with Gasteiger partial charge in [0.1, 0.15) is 5.71 Å². The van der Waals surface area contributed by atoms with Crippen molar-refractivity contribution in [3.8, 4) is 0 Å². The molecule has 7 heteroatoms. The molecule has 28 heavy (non-hydrogen) atoms. The summed E-state index contributed by atoms with van der Waals surface area (Å²) >= 11 is 1.60. The number of benzene rings is 2. The van der Waals surface area contributed by atoms with Gasteiger partial charge in [-0.3, -0.25) is 4.79 Å². The van der Waals surface area contributed by atoms with E-state index in [9.17, 15) is 9.59 Å². The molecular formula is C21H24N2O4S. The van der Waals surface area contributed by atoms with Crippen LogP contribution in [-0.4, -0.2) is 42.8 Å². The Labute approximate surface area is 169 Å². The molecule has 1 N–H and O–H groups in total. The molecule has 0 aliphatic carbocycles. The fourth-order valence-electron chi connectivity index (χ4n) is 2.40. The average Bonchev–Trinajstić information content (AvgIpc) is 2.70. The lowest BCUT2D eigenvalue weighted by molar-refractivity contribution is -0.140. The number of nitrogens with zero attached hydrogens (tertiary/aromatic N) is 2. The molecule has 2 rings (SSSR count). The van der Waals surface area contributed by atoms with Gasteiger partial charge in [-0.2, -0.15) is 0 Å². The summed E-state index contributed by atoms with van der Waals surface area (Å²) in [4.78, 5) is 31.7. The second-order valence-electron chi connectivity index (χ2n) is 6.21. The van der Waals surface area contributed by atoms with E-state index in [1.807, 2.05) is 43.4 Å². The van der Waals surface area contributed by atoms with E-state index in [0.29, 0.717) is 5.56 Å². The molecule has 0 fully saturated rings. The van der Waals surface area contributed by atoms with Gasteiger partial charge in [0, 0.05) is 48.2 Å². The van der Waals surface area contributed by atoms with Crippen LogP contribution in [0.5, 0.6) is 0 Å². The molecule has 0 atom stereocenters. The summed E-state index contributed by atoms with van der Waals surface area (Å²) in [6.45, 7) is 3.73. The van der Waals surface area contributed by atoms with Gasteiger partial charge in [-0.25, -0.2) is 4.79 Å². The average molecular weight is 401 g/mol. The third-order valence-corrected chi connectivity index (χ3v) is 4.94. The van der Waals surface area contributed by atoms with Gasteiger partial charge < -0.3 is 14.8 Å². The minimum atomic E-state index is -0.565. The molecule has 2 aromatic carbocycles. The van der Waals surface area contributed by atoms with Crippen molar-refractivity contribution in [2.75, 3.05) is 25.1 Å². The van der Waals surface area contributed by atoms with Crippen LogP contribution in [0.25, 0.3) is 0 Å². The highest BCUT2D eigenvalue weighted by molar-refractivity contribution is 7.99. The van der Waals surface area contributed by atoms with E-state index in [1.54, 1.807) is 23.9 Å². The number of oxime groups is 1. The van der Waals surface area contributed by atoms with Gasteiger partial charge in [-0.1, -0.05) is 16.9 Å². The lowest BCUT2D eigenvalue weighted by Crippen LogP contribution is -2.19. The van der Waals surface area contributed by atoms with Crippen LogP contribution in [0, 0.1) is 0 Å². The number of Topliss-reactive ketones (excluding diaryl/α,β-unsaturated/α-hetero) is 1. The first-order valence-corrected chi connectivity index (χ1v) is 9.69. The van der Waals surface area contributed by atoms with Crippen molar-refractivity contribution < 1.29 is 19.5 Å². The number of hydrogen-bond acceptors (Lipinski definition) is 7. The zero-order valence-corrected chi connectivity index (χ0v) is 17.0. The predicted molar refractivity (Wildman–Crippen MR) is 111 cm³/mol. The monoisotopic (exact) mass is 400 g/mol. The largest absolute Gasteiger partial charge is 0.396 e. The topological polar surface area (TPSA) is 79.2 Å². The maximum Gasteiger partial charge on any atom is 0.331 e. The van der Waals surface area contributed by atoms with Crippen molar-refractivity contribution >= 4 is 34.9 Å². The van der Waals surface area contributed by atoms with Gasteiger partial charge in [0.25, 0.3) is 0 Å². The molecule has 0 radical (unpaired) electrons. The van der Waals surface area contributed by atoms with Crippen LogP contribution in [0.3, 0.4) is 0 Å². The summed E-state index contributed by atoms with van der Waals surface area (Å²) in [6, 6.07) is 15.4. The molecule has 0 aliphatic heterocycles. The number of anilines is 1. The summed E-state index contributed by atoms with van der Waals surface area (Å²) in [7, 11) is 2.00. The first-order valence-electron chi connectivity index (χ1n) is 8.87. The molecule has 0 saturated heterocycles. The molecule has 0 amide bonds. The van der Waals surface area contributed by atoms with E-state index < -0.39 is 5.97 Å². The third kappa shape index (κ3) is 6.51. The van der Waals surface area contributed by atoms with Gasteiger partial charge in [-0.05, 0) is 61.9 Å². The zero-order chi connectivity index (χ0) is 20.5. The Morgan fingerprint density at radius 3 is 2.14 bits per heavy atom. The third-order valence-electron chi connectivity index (χ3n) is 3.92. The maximum atomic E-state index is 12.3. The van der Waals surface area contributed by atoms with Gasteiger partial charge in [0.15, 0.2) is 0 Å². The smallest absolute Gasteiger partial charge is 0.331 e. The van der Waals surface area contributed by atoms with Crippen LogP contribution in [0.15, 0.2) is 63.5 Å². The van der Waals surface area contributed by atoms with Gasteiger partial charge in [0.2, 0.25) is 5.78 Å². The van der Waals surface area contributed by atoms with Crippen molar-refractivity contribution in [3.05, 3.63) is 54.1 Å². The molecule has 148 valence electrons. The van der Waals surface area contributed by atoms with E-state index in [2.05, 4.69) is 14.9 Å². The molecule has 0 heterocycles. The highest BCUT2D eigenvalue weighted by Gasteiger charge is 2.11. The normalized spacial score (nSPS) is 11.2. The summed E-state index contributed by atoms with van der Waals surface area (Å²) in [5.74, 6) is -0.849. The van der Waals surface area contributed by atoms with Crippen LogP contribution < -0.4 is 4.90 Å². The molecule has 0 bridgehead atoms. The van der Waals surface area contributed by atoms with Gasteiger partial charge in [-0.15, -0.1) is 0 Å². The predicted octanol–water partition coefficient (Wildman–Crippen LogP) is 3.78. The quantitative estimate of drug-likeness (QED) is 0.299. The number of rotatable bonds is 9. The SMILES string of the molecule is CC(=O)O/N=C(\C)C(=O)c1ccc(Sc2ccc(N(C)CCCO)cc2)cc1. The molecule has 6 nitrogen and oxygen atoms in total. The lowest BCUT2D eigenvalue weighted by atomic mass is 10.1. The number of carbonyl (C=O) groups excluding carboxylic acids is 2. The van der Waals surface area contributed by atoms with Crippen molar-refractivity contribution in [2.45, 2.75) is 30.1 Å². The van der Waals surface area contributed by atoms with E-state index >= 15 is 0 Å². The van der Waals surface area contributed by atoms with Crippen LogP contribution in [0.1, 0.15) is 30.6 Å². The summed E-state index contributed by atoms with van der Waals surface area (Å²) in [5, 5.41) is 12.5. The number of hydrogen-bond donors (Lipinski definition) is 1. The Bertz CT molecular complexity index is 832. The maximum absolute atomic E-state index is 12.3. The Morgan fingerprint density at radius 1 is 1.04 bits per heavy atom. The summed E-state index contributed by atoms with van der Waals surface area (Å²) < 4.78 is 0. The second-order valence-corrected chi connectivity index (χ2v) is 7.35. The molecule has 0 aliphatic rings. The zero-order valence-electron chi connectivity index (χ0n) is 16.2. The standard InChI is InChI=1S/C21H24N2O4S/c1-15(22-27-16(2)25)21(26)17-5-9-19(10-6-17)28-20-11-7-18(8-12-20)23(3)13-4-14-24/h5-12,24H,4,13-14H2,1-3H3/b22-15+.